The van der Waals surface area contributed by atoms with Crippen LogP contribution in [-0.4, -0.2) is 26.6 Å². The predicted molar refractivity (Wildman–Crippen MR) is 75.0 cm³/mol. The summed E-state index contributed by atoms with van der Waals surface area (Å²) in [7, 11) is 0. The zero-order chi connectivity index (χ0) is 14.9. The molecule has 0 saturated heterocycles. The first-order valence-corrected chi connectivity index (χ1v) is 7.29. The van der Waals surface area contributed by atoms with Gasteiger partial charge in [0.1, 0.15) is 11.3 Å². The maximum absolute atomic E-state index is 12.6. The Morgan fingerprint density at radius 2 is 2.15 bits per heavy atom. The second kappa shape index (κ2) is 5.89. The molecule has 0 saturated carbocycles. The van der Waals surface area contributed by atoms with Crippen LogP contribution >= 0.6 is 27.5 Å². The highest BCUT2D eigenvalue weighted by atomic mass is 79.9. The number of fused-ring (bicyclic) bond motifs is 1. The quantitative estimate of drug-likeness (QED) is 0.743. The molecule has 1 atom stereocenters. The summed E-state index contributed by atoms with van der Waals surface area (Å²) in [6.07, 6.45) is -3.21. The summed E-state index contributed by atoms with van der Waals surface area (Å²) in [5.41, 5.74) is 1.01. The van der Waals surface area contributed by atoms with E-state index in [2.05, 4.69) is 25.9 Å². The van der Waals surface area contributed by atoms with Crippen LogP contribution in [-0.2, 0) is 6.42 Å². The Morgan fingerprint density at radius 1 is 1.45 bits per heavy atom. The van der Waals surface area contributed by atoms with Crippen molar-refractivity contribution in [3.63, 3.8) is 0 Å². The van der Waals surface area contributed by atoms with E-state index in [-0.39, 0.29) is 0 Å². The Kier molecular flexibility index (Phi) is 4.59. The molecule has 0 amide bonds. The van der Waals surface area contributed by atoms with Gasteiger partial charge in [-0.1, -0.05) is 0 Å². The number of alkyl halides is 4. The van der Waals surface area contributed by atoms with Crippen LogP contribution in [0.2, 0.25) is 0 Å². The first-order valence-electron chi connectivity index (χ1n) is 5.97. The van der Waals surface area contributed by atoms with Crippen molar-refractivity contribution in [3.05, 3.63) is 22.6 Å². The third-order valence-electron chi connectivity index (χ3n) is 2.86. The van der Waals surface area contributed by atoms with Crippen molar-refractivity contribution in [2.45, 2.75) is 32.0 Å². The van der Waals surface area contributed by atoms with E-state index in [4.69, 9.17) is 11.6 Å². The summed E-state index contributed by atoms with van der Waals surface area (Å²) < 4.78 is 40.0. The van der Waals surface area contributed by atoms with Crippen LogP contribution in [0.5, 0.6) is 0 Å². The van der Waals surface area contributed by atoms with E-state index in [1.54, 1.807) is 12.3 Å². The van der Waals surface area contributed by atoms with Crippen molar-refractivity contribution in [3.8, 4) is 0 Å². The molecular weight excluding hydrogens is 359 g/mol. The van der Waals surface area contributed by atoms with Gasteiger partial charge in [-0.3, -0.25) is 0 Å². The lowest BCUT2D eigenvalue weighted by atomic mass is 10.2. The lowest BCUT2D eigenvalue weighted by Crippen LogP contribution is -2.18. The fraction of sp³-hybridized carbons (Fsp3) is 0.500. The van der Waals surface area contributed by atoms with E-state index >= 15 is 0 Å². The zero-order valence-electron chi connectivity index (χ0n) is 10.6. The van der Waals surface area contributed by atoms with Gasteiger partial charge in [0.2, 0.25) is 0 Å². The van der Waals surface area contributed by atoms with Gasteiger partial charge in [-0.05, 0) is 28.9 Å². The number of halogens is 5. The smallest absolute Gasteiger partial charge is 0.309 e. The van der Waals surface area contributed by atoms with Gasteiger partial charge in [-0.25, -0.2) is 9.97 Å². The van der Waals surface area contributed by atoms with Crippen molar-refractivity contribution >= 4 is 38.7 Å². The number of imidazole rings is 1. The highest BCUT2D eigenvalue weighted by molar-refractivity contribution is 9.10. The van der Waals surface area contributed by atoms with E-state index in [0.717, 1.165) is 4.47 Å². The molecule has 110 valence electrons. The number of pyridine rings is 1. The van der Waals surface area contributed by atoms with E-state index in [9.17, 15) is 13.2 Å². The van der Waals surface area contributed by atoms with E-state index in [1.807, 2.05) is 0 Å². The molecule has 8 heteroatoms. The van der Waals surface area contributed by atoms with Crippen LogP contribution < -0.4 is 0 Å². The molecule has 20 heavy (non-hydrogen) atoms. The maximum Gasteiger partial charge on any atom is 0.391 e. The molecule has 0 N–H and O–H groups in total. The Labute approximate surface area is 127 Å². The zero-order valence-corrected chi connectivity index (χ0v) is 12.9. The van der Waals surface area contributed by atoms with Crippen molar-refractivity contribution in [2.24, 2.45) is 0 Å². The Hall–Kier alpha value is -0.820. The minimum atomic E-state index is -4.23. The van der Waals surface area contributed by atoms with Gasteiger partial charge < -0.3 is 4.57 Å². The van der Waals surface area contributed by atoms with E-state index in [1.165, 1.54) is 11.5 Å². The van der Waals surface area contributed by atoms with E-state index in [0.29, 0.717) is 29.3 Å². The third-order valence-corrected chi connectivity index (χ3v) is 3.48. The summed E-state index contributed by atoms with van der Waals surface area (Å²) in [6, 6.07) is 0.962. The van der Waals surface area contributed by atoms with Gasteiger partial charge >= 0.3 is 6.18 Å². The maximum atomic E-state index is 12.6. The lowest BCUT2D eigenvalue weighted by molar-refractivity contribution is -0.141. The van der Waals surface area contributed by atoms with Crippen LogP contribution in [0.15, 0.2) is 16.7 Å². The summed E-state index contributed by atoms with van der Waals surface area (Å²) in [5, 5.41) is 0. The molecule has 0 aliphatic heterocycles. The minimum absolute atomic E-state index is 0.295. The van der Waals surface area contributed by atoms with Crippen molar-refractivity contribution in [2.75, 3.05) is 5.88 Å². The minimum Gasteiger partial charge on any atom is -0.309 e. The average molecular weight is 371 g/mol. The summed E-state index contributed by atoms with van der Waals surface area (Å²) >= 11 is 8.97. The molecule has 0 fully saturated rings. The molecule has 2 heterocycles. The number of aryl methyl sites for hydroxylation is 1. The van der Waals surface area contributed by atoms with Gasteiger partial charge in [0.25, 0.3) is 0 Å². The number of aromatic nitrogens is 3. The fourth-order valence-electron chi connectivity index (χ4n) is 2.15. The molecule has 0 aliphatic rings. The lowest BCUT2D eigenvalue weighted by Gasteiger charge is -2.18. The highest BCUT2D eigenvalue weighted by Gasteiger charge is 2.32. The molecular formula is C12H12BrClF3N3. The number of nitrogens with zero attached hydrogens (tertiary/aromatic N) is 3. The van der Waals surface area contributed by atoms with Gasteiger partial charge in [0.15, 0.2) is 5.65 Å². The molecule has 2 aromatic rings. The molecule has 3 nitrogen and oxygen atoms in total. The third kappa shape index (κ3) is 3.44. The Bertz CT molecular complexity index is 612. The van der Waals surface area contributed by atoms with Gasteiger partial charge in [0.05, 0.1) is 6.42 Å². The van der Waals surface area contributed by atoms with Crippen LogP contribution in [0.1, 0.15) is 25.2 Å². The van der Waals surface area contributed by atoms with Crippen LogP contribution in [0.25, 0.3) is 11.2 Å². The Morgan fingerprint density at radius 3 is 2.75 bits per heavy atom. The first kappa shape index (κ1) is 15.6. The average Bonchev–Trinajstić information content (AvgIpc) is 2.64. The van der Waals surface area contributed by atoms with Gasteiger partial charge in [-0.2, -0.15) is 13.2 Å². The molecule has 0 bridgehead atoms. The van der Waals surface area contributed by atoms with Crippen LogP contribution in [0.4, 0.5) is 13.2 Å². The van der Waals surface area contributed by atoms with Crippen LogP contribution in [0, 0.1) is 0 Å². The van der Waals surface area contributed by atoms with Gasteiger partial charge in [0, 0.05) is 29.0 Å². The normalized spacial score (nSPS) is 13.9. The van der Waals surface area contributed by atoms with Gasteiger partial charge in [-0.15, -0.1) is 11.6 Å². The number of hydrogen-bond donors (Lipinski definition) is 0. The Balaban J connectivity index is 2.50. The summed E-state index contributed by atoms with van der Waals surface area (Å²) in [6.45, 7) is 1.51. The molecule has 2 aromatic heterocycles. The van der Waals surface area contributed by atoms with Crippen molar-refractivity contribution in [1.82, 2.24) is 14.5 Å². The topological polar surface area (TPSA) is 30.7 Å². The fourth-order valence-corrected chi connectivity index (χ4v) is 2.64. The monoisotopic (exact) mass is 369 g/mol. The number of rotatable bonds is 4. The first-order chi connectivity index (χ1) is 9.31. The second-order valence-corrected chi connectivity index (χ2v) is 5.80. The number of hydrogen-bond acceptors (Lipinski definition) is 2. The summed E-state index contributed by atoms with van der Waals surface area (Å²) in [5.74, 6) is 0.820. The largest absolute Gasteiger partial charge is 0.391 e. The molecule has 2 rings (SSSR count). The SMILES string of the molecule is CC(CC(F)(F)F)n1c(CCCl)nc2cc(Br)cnc21. The van der Waals surface area contributed by atoms with Crippen molar-refractivity contribution < 1.29 is 13.2 Å². The molecule has 1 unspecified atom stereocenters. The highest BCUT2D eigenvalue weighted by Crippen LogP contribution is 2.31. The predicted octanol–water partition coefficient (Wildman–Crippen LogP) is 4.49. The van der Waals surface area contributed by atoms with E-state index < -0.39 is 18.6 Å². The molecule has 0 radical (unpaired) electrons. The molecule has 0 spiro atoms. The molecule has 0 aromatic carbocycles. The standard InChI is InChI=1S/C12H12BrClF3N3/c1-7(5-12(15,16)17)20-10(2-3-14)19-9-4-8(13)6-18-11(9)20/h4,6-7H,2-3,5H2,1H3. The van der Waals surface area contributed by atoms with Crippen molar-refractivity contribution in [1.29, 1.82) is 0 Å². The second-order valence-electron chi connectivity index (χ2n) is 4.50. The summed E-state index contributed by atoms with van der Waals surface area (Å²) in [4.78, 5) is 8.51. The van der Waals surface area contributed by atoms with Crippen LogP contribution in [0.3, 0.4) is 0 Å². The molecule has 0 aliphatic carbocycles.